The first-order chi connectivity index (χ1) is 9.31. The van der Waals surface area contributed by atoms with Crippen LogP contribution in [0.5, 0.6) is 0 Å². The molecule has 0 aliphatic heterocycles. The van der Waals surface area contributed by atoms with Gasteiger partial charge in [-0.25, -0.2) is 0 Å². The molecular weight excluding hydrogens is 270 g/mol. The van der Waals surface area contributed by atoms with Crippen molar-refractivity contribution in [2.45, 2.75) is 71.6 Å². The number of rotatable bonds is 7. The molecule has 4 heteroatoms. The molecule has 0 unspecified atom stereocenters. The minimum absolute atomic E-state index is 0.141. The van der Waals surface area contributed by atoms with Gasteiger partial charge in [-0.1, -0.05) is 19.4 Å². The Labute approximate surface area is 126 Å². The summed E-state index contributed by atoms with van der Waals surface area (Å²) in [4.78, 5) is 13.5. The third-order valence-electron chi connectivity index (χ3n) is 2.84. The Kier molecular flexibility index (Phi) is 6.69. The summed E-state index contributed by atoms with van der Waals surface area (Å²) in [6.07, 6.45) is 2.72. The van der Waals surface area contributed by atoms with Gasteiger partial charge in [0.2, 0.25) is 0 Å². The van der Waals surface area contributed by atoms with Gasteiger partial charge in [0.1, 0.15) is 11.6 Å². The summed E-state index contributed by atoms with van der Waals surface area (Å²) < 4.78 is 5.49. The van der Waals surface area contributed by atoms with E-state index in [1.807, 2.05) is 20.8 Å². The van der Waals surface area contributed by atoms with Gasteiger partial charge in [-0.3, -0.25) is 4.79 Å². The van der Waals surface area contributed by atoms with E-state index in [-0.39, 0.29) is 18.1 Å². The molecule has 2 atom stereocenters. The van der Waals surface area contributed by atoms with Crippen LogP contribution in [0.4, 0.5) is 0 Å². The van der Waals surface area contributed by atoms with Crippen LogP contribution in [0, 0.1) is 0 Å². The minimum atomic E-state index is -0.429. The smallest absolute Gasteiger partial charge is 0.323 e. The monoisotopic (exact) mass is 297 g/mol. The molecule has 20 heavy (non-hydrogen) atoms. The maximum Gasteiger partial charge on any atom is 0.323 e. The van der Waals surface area contributed by atoms with Crippen LogP contribution in [0.3, 0.4) is 0 Å². The molecule has 0 aliphatic carbocycles. The minimum Gasteiger partial charge on any atom is -0.459 e. The summed E-state index contributed by atoms with van der Waals surface area (Å²) in [5, 5.41) is 5.49. The van der Waals surface area contributed by atoms with Crippen molar-refractivity contribution in [1.82, 2.24) is 5.32 Å². The molecule has 1 N–H and O–H groups in total. The number of hydrogen-bond acceptors (Lipinski definition) is 4. The summed E-state index contributed by atoms with van der Waals surface area (Å²) in [5.74, 6) is -0.141. The Morgan fingerprint density at radius 2 is 2.15 bits per heavy atom. The lowest BCUT2D eigenvalue weighted by molar-refractivity contribution is -0.157. The van der Waals surface area contributed by atoms with Crippen LogP contribution in [-0.4, -0.2) is 23.7 Å². The van der Waals surface area contributed by atoms with Crippen molar-refractivity contribution in [3.8, 4) is 0 Å². The number of carbonyl (C=O) groups is 1. The van der Waals surface area contributed by atoms with Crippen LogP contribution in [0.25, 0.3) is 0 Å². The van der Waals surface area contributed by atoms with E-state index in [9.17, 15) is 4.79 Å². The van der Waals surface area contributed by atoms with E-state index in [4.69, 9.17) is 4.74 Å². The van der Waals surface area contributed by atoms with Crippen molar-refractivity contribution >= 4 is 17.3 Å². The van der Waals surface area contributed by atoms with Crippen molar-refractivity contribution in [3.63, 3.8) is 0 Å². The highest BCUT2D eigenvalue weighted by Crippen LogP contribution is 2.14. The van der Waals surface area contributed by atoms with Gasteiger partial charge in [0.25, 0.3) is 0 Å². The van der Waals surface area contributed by atoms with Gasteiger partial charge >= 0.3 is 5.97 Å². The zero-order chi connectivity index (χ0) is 15.2. The highest BCUT2D eigenvalue weighted by molar-refractivity contribution is 7.09. The van der Waals surface area contributed by atoms with E-state index in [0.717, 1.165) is 19.3 Å². The molecule has 0 amide bonds. The number of hydrogen-bond donors (Lipinski definition) is 1. The van der Waals surface area contributed by atoms with E-state index in [0.29, 0.717) is 0 Å². The molecule has 1 heterocycles. The third-order valence-corrected chi connectivity index (χ3v) is 3.74. The first kappa shape index (κ1) is 17.2. The van der Waals surface area contributed by atoms with Crippen LogP contribution >= 0.6 is 11.3 Å². The van der Waals surface area contributed by atoms with Crippen molar-refractivity contribution in [2.75, 3.05) is 0 Å². The molecular formula is C16H27NO2S. The summed E-state index contributed by atoms with van der Waals surface area (Å²) in [6.45, 7) is 9.92. The van der Waals surface area contributed by atoms with Crippen molar-refractivity contribution in [2.24, 2.45) is 0 Å². The van der Waals surface area contributed by atoms with Crippen LogP contribution in [0.1, 0.15) is 52.3 Å². The second kappa shape index (κ2) is 7.79. The fourth-order valence-electron chi connectivity index (χ4n) is 2.06. The molecule has 0 aliphatic rings. The highest BCUT2D eigenvalue weighted by Gasteiger charge is 2.25. The second-order valence-corrected chi connectivity index (χ2v) is 7.26. The second-order valence-electron chi connectivity index (χ2n) is 6.23. The number of esters is 1. The average molecular weight is 297 g/mol. The molecule has 1 aromatic rings. The van der Waals surface area contributed by atoms with Crippen LogP contribution in [0.15, 0.2) is 17.5 Å². The lowest BCUT2D eigenvalue weighted by Gasteiger charge is -2.26. The maximum absolute atomic E-state index is 12.2. The molecule has 0 fully saturated rings. The normalized spacial score (nSPS) is 14.8. The fraction of sp³-hybridized carbons (Fsp3) is 0.688. The molecule has 3 nitrogen and oxygen atoms in total. The summed E-state index contributed by atoms with van der Waals surface area (Å²) in [5.41, 5.74) is -0.429. The van der Waals surface area contributed by atoms with Gasteiger partial charge in [0.05, 0.1) is 0 Å². The first-order valence-electron chi connectivity index (χ1n) is 7.33. The number of thiophene rings is 1. The molecule has 0 radical (unpaired) electrons. The van der Waals surface area contributed by atoms with Crippen molar-refractivity contribution in [1.29, 1.82) is 0 Å². The highest BCUT2D eigenvalue weighted by atomic mass is 32.1. The third kappa shape index (κ3) is 6.53. The Morgan fingerprint density at radius 3 is 2.65 bits per heavy atom. The summed E-state index contributed by atoms with van der Waals surface area (Å²) in [6, 6.07) is 4.24. The average Bonchev–Trinajstić information content (AvgIpc) is 2.78. The molecule has 0 saturated carbocycles. The molecule has 0 spiro atoms. The number of ether oxygens (including phenoxy) is 1. The zero-order valence-corrected chi connectivity index (χ0v) is 14.0. The lowest BCUT2D eigenvalue weighted by atomic mass is 10.1. The van der Waals surface area contributed by atoms with E-state index in [2.05, 4.69) is 36.7 Å². The zero-order valence-electron chi connectivity index (χ0n) is 13.2. The lowest BCUT2D eigenvalue weighted by Crippen LogP contribution is -2.45. The number of carbonyl (C=O) groups excluding carboxylic acids is 1. The van der Waals surface area contributed by atoms with Gasteiger partial charge in [-0.2, -0.15) is 0 Å². The quantitative estimate of drug-likeness (QED) is 0.778. The predicted octanol–water partition coefficient (Wildman–Crippen LogP) is 3.78. The van der Waals surface area contributed by atoms with Crippen LogP contribution in [-0.2, 0) is 16.0 Å². The SMILES string of the molecule is CCC[C@H](N[C@@H](C)Cc1cccs1)C(=O)OC(C)(C)C. The van der Waals surface area contributed by atoms with Crippen LogP contribution < -0.4 is 5.32 Å². The van der Waals surface area contributed by atoms with Gasteiger partial charge in [0.15, 0.2) is 0 Å². The topological polar surface area (TPSA) is 38.3 Å². The van der Waals surface area contributed by atoms with E-state index in [1.54, 1.807) is 11.3 Å². The molecule has 0 saturated heterocycles. The van der Waals surface area contributed by atoms with E-state index < -0.39 is 5.60 Å². The van der Waals surface area contributed by atoms with Crippen molar-refractivity contribution in [3.05, 3.63) is 22.4 Å². The molecule has 1 aromatic heterocycles. The van der Waals surface area contributed by atoms with Crippen molar-refractivity contribution < 1.29 is 9.53 Å². The largest absolute Gasteiger partial charge is 0.459 e. The standard InChI is InChI=1S/C16H27NO2S/c1-6-8-14(15(18)19-16(3,4)5)17-12(2)11-13-9-7-10-20-13/h7,9-10,12,14,17H,6,8,11H2,1-5H3/t12-,14-/m0/s1. The maximum atomic E-state index is 12.2. The summed E-state index contributed by atoms with van der Waals surface area (Å²) >= 11 is 1.75. The predicted molar refractivity (Wildman–Crippen MR) is 85.2 cm³/mol. The molecule has 114 valence electrons. The molecule has 1 rings (SSSR count). The van der Waals surface area contributed by atoms with Gasteiger partial charge < -0.3 is 10.1 Å². The van der Waals surface area contributed by atoms with Crippen LogP contribution in [0.2, 0.25) is 0 Å². The Hall–Kier alpha value is -0.870. The summed E-state index contributed by atoms with van der Waals surface area (Å²) in [7, 11) is 0. The van der Waals surface area contributed by atoms with E-state index in [1.165, 1.54) is 4.88 Å². The van der Waals surface area contributed by atoms with Gasteiger partial charge in [0, 0.05) is 10.9 Å². The first-order valence-corrected chi connectivity index (χ1v) is 8.21. The Bertz CT molecular complexity index is 395. The van der Waals surface area contributed by atoms with Gasteiger partial charge in [-0.15, -0.1) is 11.3 Å². The van der Waals surface area contributed by atoms with Gasteiger partial charge in [-0.05, 0) is 52.0 Å². The molecule has 0 bridgehead atoms. The number of nitrogens with one attached hydrogen (secondary N) is 1. The molecule has 0 aromatic carbocycles. The Balaban J connectivity index is 2.55. The Morgan fingerprint density at radius 1 is 1.45 bits per heavy atom. The van der Waals surface area contributed by atoms with E-state index >= 15 is 0 Å². The fourth-order valence-corrected chi connectivity index (χ4v) is 2.90.